The summed E-state index contributed by atoms with van der Waals surface area (Å²) in [5.41, 5.74) is 4.27. The molecule has 0 saturated heterocycles. The van der Waals surface area contributed by atoms with Crippen LogP contribution in [0.5, 0.6) is 0 Å². The van der Waals surface area contributed by atoms with Gasteiger partial charge in [-0.1, -0.05) is 35.9 Å². The molecule has 0 amide bonds. The smallest absolute Gasteiger partial charge is 0.0934 e. The minimum absolute atomic E-state index is 0.0507. The molecular weight excluding hydrogens is 262 g/mol. The standard InChI is InChI=1S/C15H14ClNS/c1-15-11-5-3-2-4-10(11)12(17-15)7-6-9-8-13(16)18-14(9)15/h2-5,8,12,17H,6-7H2,1H3. The monoisotopic (exact) mass is 275 g/mol. The van der Waals surface area contributed by atoms with Crippen molar-refractivity contribution in [1.29, 1.82) is 0 Å². The van der Waals surface area contributed by atoms with Crippen molar-refractivity contribution in [3.63, 3.8) is 0 Å². The van der Waals surface area contributed by atoms with Crippen LogP contribution in [-0.4, -0.2) is 0 Å². The zero-order valence-corrected chi connectivity index (χ0v) is 11.7. The molecule has 1 aromatic carbocycles. The van der Waals surface area contributed by atoms with Gasteiger partial charge in [0.15, 0.2) is 0 Å². The Morgan fingerprint density at radius 3 is 3.11 bits per heavy atom. The van der Waals surface area contributed by atoms with E-state index in [0.29, 0.717) is 6.04 Å². The predicted molar refractivity (Wildman–Crippen MR) is 76.4 cm³/mol. The molecule has 0 aliphatic carbocycles. The molecule has 0 spiro atoms. The predicted octanol–water partition coefficient (Wildman–Crippen LogP) is 4.26. The van der Waals surface area contributed by atoms with Crippen LogP contribution in [0.1, 0.15) is 41.0 Å². The summed E-state index contributed by atoms with van der Waals surface area (Å²) in [5, 5.41) is 3.82. The van der Waals surface area contributed by atoms with E-state index in [1.165, 1.54) is 21.6 Å². The van der Waals surface area contributed by atoms with E-state index in [1.807, 2.05) is 0 Å². The number of aryl methyl sites for hydroxylation is 1. The van der Waals surface area contributed by atoms with Crippen molar-refractivity contribution in [3.8, 4) is 0 Å². The van der Waals surface area contributed by atoms with E-state index in [9.17, 15) is 0 Å². The van der Waals surface area contributed by atoms with E-state index < -0.39 is 0 Å². The van der Waals surface area contributed by atoms with Crippen LogP contribution in [0.15, 0.2) is 30.3 Å². The summed E-state index contributed by atoms with van der Waals surface area (Å²) in [6, 6.07) is 11.4. The van der Waals surface area contributed by atoms with Crippen LogP contribution in [-0.2, 0) is 12.0 Å². The summed E-state index contributed by atoms with van der Waals surface area (Å²) in [5.74, 6) is 0. The highest BCUT2D eigenvalue weighted by Gasteiger charge is 2.44. The minimum atomic E-state index is -0.0507. The van der Waals surface area contributed by atoms with Gasteiger partial charge in [0.05, 0.1) is 9.88 Å². The molecule has 1 N–H and O–H groups in total. The Bertz CT molecular complexity index is 633. The first-order valence-electron chi connectivity index (χ1n) is 6.34. The number of hydrogen-bond acceptors (Lipinski definition) is 2. The highest BCUT2D eigenvalue weighted by molar-refractivity contribution is 7.16. The van der Waals surface area contributed by atoms with Crippen LogP contribution in [0.25, 0.3) is 0 Å². The van der Waals surface area contributed by atoms with E-state index in [2.05, 4.69) is 42.6 Å². The Morgan fingerprint density at radius 1 is 1.39 bits per heavy atom. The van der Waals surface area contributed by atoms with Gasteiger partial charge in [-0.15, -0.1) is 11.3 Å². The molecule has 2 unspecified atom stereocenters. The summed E-state index contributed by atoms with van der Waals surface area (Å²) in [6.45, 7) is 2.29. The van der Waals surface area contributed by atoms with Gasteiger partial charge in [0.2, 0.25) is 0 Å². The molecule has 2 aliphatic rings. The van der Waals surface area contributed by atoms with Crippen molar-refractivity contribution in [2.75, 3.05) is 0 Å². The summed E-state index contributed by atoms with van der Waals surface area (Å²) < 4.78 is 0.908. The van der Waals surface area contributed by atoms with E-state index in [4.69, 9.17) is 11.6 Å². The van der Waals surface area contributed by atoms with Crippen molar-refractivity contribution < 1.29 is 0 Å². The topological polar surface area (TPSA) is 12.0 Å². The Kier molecular flexibility index (Phi) is 2.20. The molecule has 2 bridgehead atoms. The third kappa shape index (κ3) is 1.31. The first kappa shape index (κ1) is 11.0. The maximum atomic E-state index is 6.22. The van der Waals surface area contributed by atoms with Crippen LogP contribution in [0.4, 0.5) is 0 Å². The van der Waals surface area contributed by atoms with Gasteiger partial charge in [0, 0.05) is 10.9 Å². The Morgan fingerprint density at radius 2 is 2.22 bits per heavy atom. The second-order valence-corrected chi connectivity index (χ2v) is 7.04. The quantitative estimate of drug-likeness (QED) is 0.758. The van der Waals surface area contributed by atoms with Crippen molar-refractivity contribution in [3.05, 3.63) is 56.2 Å². The average molecular weight is 276 g/mol. The normalized spacial score (nSPS) is 28.7. The molecule has 92 valence electrons. The molecule has 4 rings (SSSR count). The molecule has 0 radical (unpaired) electrons. The van der Waals surface area contributed by atoms with Gasteiger partial charge in [-0.3, -0.25) is 5.32 Å². The molecule has 1 nitrogen and oxygen atoms in total. The lowest BCUT2D eigenvalue weighted by Gasteiger charge is -2.25. The van der Waals surface area contributed by atoms with E-state index in [1.54, 1.807) is 11.3 Å². The van der Waals surface area contributed by atoms with E-state index in [0.717, 1.165) is 17.2 Å². The van der Waals surface area contributed by atoms with Crippen molar-refractivity contribution in [2.24, 2.45) is 0 Å². The highest BCUT2D eigenvalue weighted by Crippen LogP contribution is 2.50. The number of benzene rings is 1. The largest absolute Gasteiger partial charge is 0.296 e. The van der Waals surface area contributed by atoms with Crippen LogP contribution in [0.2, 0.25) is 4.34 Å². The van der Waals surface area contributed by atoms with Gasteiger partial charge in [-0.05, 0) is 42.5 Å². The minimum Gasteiger partial charge on any atom is -0.296 e. The Hall–Kier alpha value is -0.830. The number of rotatable bonds is 0. The van der Waals surface area contributed by atoms with Crippen molar-refractivity contribution in [1.82, 2.24) is 5.32 Å². The molecule has 0 fully saturated rings. The van der Waals surface area contributed by atoms with Gasteiger partial charge < -0.3 is 0 Å². The lowest BCUT2D eigenvalue weighted by atomic mass is 9.86. The maximum Gasteiger partial charge on any atom is 0.0934 e. The Labute approximate surface area is 116 Å². The molecule has 0 saturated carbocycles. The van der Waals surface area contributed by atoms with Gasteiger partial charge >= 0.3 is 0 Å². The number of nitrogens with one attached hydrogen (secondary N) is 1. The zero-order chi connectivity index (χ0) is 12.3. The van der Waals surface area contributed by atoms with Gasteiger partial charge in [0.1, 0.15) is 0 Å². The first-order valence-corrected chi connectivity index (χ1v) is 7.54. The summed E-state index contributed by atoms with van der Waals surface area (Å²) in [6.07, 6.45) is 2.28. The molecule has 1 aromatic heterocycles. The summed E-state index contributed by atoms with van der Waals surface area (Å²) in [4.78, 5) is 1.40. The molecule has 3 heteroatoms. The fourth-order valence-corrected chi connectivity index (χ4v) is 4.90. The molecule has 2 aliphatic heterocycles. The van der Waals surface area contributed by atoms with E-state index in [-0.39, 0.29) is 5.54 Å². The second-order valence-electron chi connectivity index (χ2n) is 5.35. The molecule has 18 heavy (non-hydrogen) atoms. The van der Waals surface area contributed by atoms with Crippen LogP contribution >= 0.6 is 22.9 Å². The molecular formula is C15H14ClNS. The fraction of sp³-hybridized carbons (Fsp3) is 0.333. The number of thiophene rings is 1. The van der Waals surface area contributed by atoms with Gasteiger partial charge in [-0.2, -0.15) is 0 Å². The number of fused-ring (bicyclic) bond motifs is 7. The van der Waals surface area contributed by atoms with Gasteiger partial charge in [-0.25, -0.2) is 0 Å². The lowest BCUT2D eigenvalue weighted by molar-refractivity contribution is 0.428. The van der Waals surface area contributed by atoms with Gasteiger partial charge in [0.25, 0.3) is 0 Å². The highest BCUT2D eigenvalue weighted by atomic mass is 35.5. The van der Waals surface area contributed by atoms with Crippen molar-refractivity contribution >= 4 is 22.9 Å². The number of hydrogen-bond donors (Lipinski definition) is 1. The summed E-state index contributed by atoms with van der Waals surface area (Å²) >= 11 is 7.95. The van der Waals surface area contributed by atoms with Crippen LogP contribution in [0, 0.1) is 0 Å². The zero-order valence-electron chi connectivity index (χ0n) is 10.2. The SMILES string of the molecule is CC12NC(CCc3cc(Cl)sc31)c1ccccc12. The summed E-state index contributed by atoms with van der Waals surface area (Å²) in [7, 11) is 0. The lowest BCUT2D eigenvalue weighted by Crippen LogP contribution is -2.34. The van der Waals surface area contributed by atoms with Crippen LogP contribution in [0.3, 0.4) is 0 Å². The fourth-order valence-electron chi connectivity index (χ4n) is 3.48. The third-order valence-corrected chi connectivity index (χ3v) is 5.80. The molecule has 3 heterocycles. The third-order valence-electron chi connectivity index (χ3n) is 4.27. The second kappa shape index (κ2) is 3.60. The molecule has 2 aromatic rings. The van der Waals surface area contributed by atoms with Crippen molar-refractivity contribution in [2.45, 2.75) is 31.3 Å². The first-order chi connectivity index (χ1) is 8.68. The van der Waals surface area contributed by atoms with Crippen LogP contribution < -0.4 is 5.32 Å². The number of halogens is 1. The molecule has 2 atom stereocenters. The van der Waals surface area contributed by atoms with E-state index >= 15 is 0 Å². The maximum absolute atomic E-state index is 6.22. The Balaban J connectivity index is 2.02. The average Bonchev–Trinajstić information content (AvgIpc) is 2.84.